The Kier molecular flexibility index (Phi) is 2.50. The fourth-order valence-electron chi connectivity index (χ4n) is 1.49. The van der Waals surface area contributed by atoms with Crippen molar-refractivity contribution in [3.05, 3.63) is 16.7 Å². The van der Waals surface area contributed by atoms with Gasteiger partial charge in [0.15, 0.2) is 11.2 Å². The smallest absolute Gasteiger partial charge is 0.276 e. The zero-order chi connectivity index (χ0) is 12.8. The molecule has 0 aliphatic rings. The zero-order valence-corrected chi connectivity index (χ0v) is 11.9. The lowest BCUT2D eigenvalue weighted by atomic mass is 10.2. The molecule has 0 saturated heterocycles. The number of imidazole rings is 1. The summed E-state index contributed by atoms with van der Waals surface area (Å²) in [6.07, 6.45) is 1.39. The average Bonchev–Trinajstić information content (AvgIpc) is 2.61. The Labute approximate surface area is 101 Å². The minimum atomic E-state index is -1.75. The van der Waals surface area contributed by atoms with Gasteiger partial charge in [0.25, 0.3) is 5.56 Å². The van der Waals surface area contributed by atoms with E-state index in [0.29, 0.717) is 11.2 Å². The second-order valence-electron chi connectivity index (χ2n) is 5.89. The van der Waals surface area contributed by atoms with E-state index in [1.54, 1.807) is 0 Å². The Balaban J connectivity index is 2.66. The Morgan fingerprint density at radius 2 is 1.94 bits per heavy atom. The Hall–Kier alpha value is -1.43. The first-order valence-corrected chi connectivity index (χ1v) is 8.67. The van der Waals surface area contributed by atoms with E-state index in [2.05, 4.69) is 53.8 Å². The van der Waals surface area contributed by atoms with Gasteiger partial charge >= 0.3 is 0 Å². The van der Waals surface area contributed by atoms with Crippen LogP contribution in [0.5, 0.6) is 0 Å². The summed E-state index contributed by atoms with van der Waals surface area (Å²) >= 11 is 0. The van der Waals surface area contributed by atoms with Crippen molar-refractivity contribution >= 4 is 24.7 Å². The second-order valence-corrected chi connectivity index (χ2v) is 11.1. The van der Waals surface area contributed by atoms with Crippen LogP contribution < -0.4 is 11.0 Å². The third kappa shape index (κ3) is 1.82. The number of rotatable bonds is 1. The second kappa shape index (κ2) is 3.53. The van der Waals surface area contributed by atoms with Crippen molar-refractivity contribution in [2.45, 2.75) is 38.9 Å². The van der Waals surface area contributed by atoms with Crippen LogP contribution in [-0.2, 0) is 0 Å². The van der Waals surface area contributed by atoms with Crippen molar-refractivity contribution in [3.8, 4) is 0 Å². The van der Waals surface area contributed by atoms with Crippen LogP contribution in [0, 0.1) is 0 Å². The predicted octanol–water partition coefficient (Wildman–Crippen LogP) is 1.36. The zero-order valence-electron chi connectivity index (χ0n) is 10.9. The number of hydrogen-bond donors (Lipinski definition) is 2. The van der Waals surface area contributed by atoms with Crippen LogP contribution in [-0.4, -0.2) is 28.0 Å². The van der Waals surface area contributed by atoms with Crippen molar-refractivity contribution in [1.29, 1.82) is 0 Å². The van der Waals surface area contributed by atoms with Crippen LogP contribution in [0.3, 0.4) is 0 Å². The molecule has 0 aliphatic carbocycles. The van der Waals surface area contributed by atoms with E-state index in [1.165, 1.54) is 6.33 Å². The summed E-state index contributed by atoms with van der Waals surface area (Å²) in [5.41, 5.74) is 1.76. The molecule has 0 bridgehead atoms. The normalized spacial score (nSPS) is 13.2. The highest BCUT2D eigenvalue weighted by Crippen LogP contribution is 2.34. The first-order chi connectivity index (χ1) is 7.73. The summed E-state index contributed by atoms with van der Waals surface area (Å²) in [6, 6.07) is 0. The van der Waals surface area contributed by atoms with Crippen LogP contribution in [0.1, 0.15) is 20.8 Å². The number of aromatic nitrogens is 4. The van der Waals surface area contributed by atoms with Gasteiger partial charge in [-0.05, 0) is 5.04 Å². The third-order valence-electron chi connectivity index (χ3n) is 3.76. The van der Waals surface area contributed by atoms with E-state index < -0.39 is 8.07 Å². The molecule has 0 unspecified atom stereocenters. The fraction of sp³-hybridized carbons (Fsp3) is 0.545. The van der Waals surface area contributed by atoms with Crippen LogP contribution in [0.2, 0.25) is 18.1 Å². The largest absolute Gasteiger partial charge is 0.340 e. The van der Waals surface area contributed by atoms with E-state index in [9.17, 15) is 4.79 Å². The predicted molar refractivity (Wildman–Crippen MR) is 71.3 cm³/mol. The summed E-state index contributed by atoms with van der Waals surface area (Å²) in [6.45, 7) is 11.1. The minimum absolute atomic E-state index is 0.160. The number of aromatic amines is 2. The molecule has 0 amide bonds. The van der Waals surface area contributed by atoms with E-state index >= 15 is 0 Å². The van der Waals surface area contributed by atoms with Crippen LogP contribution in [0.4, 0.5) is 0 Å². The summed E-state index contributed by atoms with van der Waals surface area (Å²) < 4.78 is 0. The van der Waals surface area contributed by atoms with Gasteiger partial charge in [-0.3, -0.25) is 4.79 Å². The van der Waals surface area contributed by atoms with Crippen molar-refractivity contribution in [1.82, 2.24) is 19.9 Å². The summed E-state index contributed by atoms with van der Waals surface area (Å²) in [5, 5.41) is 0.174. The molecule has 0 spiro atoms. The molecule has 0 atom stereocenters. The van der Waals surface area contributed by atoms with Crippen molar-refractivity contribution in [2.24, 2.45) is 0 Å². The molecule has 2 N–H and O–H groups in total. The lowest BCUT2D eigenvalue weighted by Gasteiger charge is -2.34. The SMILES string of the molecule is CC(C)(C)[Si](C)(C)c1nc2nc[nH]c(=O)c2[nH]1. The topological polar surface area (TPSA) is 74.4 Å². The molecule has 5 nitrogen and oxygen atoms in total. The lowest BCUT2D eigenvalue weighted by Crippen LogP contribution is -2.51. The van der Waals surface area contributed by atoms with Gasteiger partial charge in [-0.15, -0.1) is 0 Å². The summed E-state index contributed by atoms with van der Waals surface area (Å²) in [5.74, 6) is 0. The fourth-order valence-corrected chi connectivity index (χ4v) is 3.02. The molecule has 17 heavy (non-hydrogen) atoms. The highest BCUT2D eigenvalue weighted by molar-refractivity contribution is 6.91. The van der Waals surface area contributed by atoms with E-state index in [0.717, 1.165) is 5.45 Å². The van der Waals surface area contributed by atoms with Gasteiger partial charge in [-0.25, -0.2) is 9.97 Å². The van der Waals surface area contributed by atoms with Gasteiger partial charge in [0.1, 0.15) is 8.07 Å². The Morgan fingerprint density at radius 3 is 2.47 bits per heavy atom. The summed E-state index contributed by atoms with van der Waals surface area (Å²) in [7, 11) is -1.75. The van der Waals surface area contributed by atoms with Crippen molar-refractivity contribution in [3.63, 3.8) is 0 Å². The average molecular weight is 250 g/mol. The summed E-state index contributed by atoms with van der Waals surface area (Å²) in [4.78, 5) is 25.9. The number of fused-ring (bicyclic) bond motifs is 1. The molecule has 2 aromatic heterocycles. The number of nitrogens with zero attached hydrogens (tertiary/aromatic N) is 2. The molecule has 0 aliphatic heterocycles. The first-order valence-electron chi connectivity index (χ1n) is 5.67. The first kappa shape index (κ1) is 12.0. The van der Waals surface area contributed by atoms with Gasteiger partial charge in [0, 0.05) is 0 Å². The quantitative estimate of drug-likeness (QED) is 0.750. The van der Waals surface area contributed by atoms with Gasteiger partial charge in [-0.2, -0.15) is 0 Å². The molecule has 2 aromatic rings. The van der Waals surface area contributed by atoms with E-state index in [1.807, 2.05) is 0 Å². The van der Waals surface area contributed by atoms with Gasteiger partial charge in [-0.1, -0.05) is 33.9 Å². The third-order valence-corrected chi connectivity index (χ3v) is 8.93. The standard InChI is InChI=1S/C11H18N4OSi/c1-11(2,3)17(4,5)10-14-7-8(15-10)12-6-13-9(7)16/h6H,1-5H3,(H2,12,13,14,15,16). The highest BCUT2D eigenvalue weighted by atomic mass is 28.3. The van der Waals surface area contributed by atoms with Gasteiger partial charge in [0.05, 0.1) is 11.8 Å². The van der Waals surface area contributed by atoms with E-state index in [-0.39, 0.29) is 10.6 Å². The van der Waals surface area contributed by atoms with Crippen molar-refractivity contribution < 1.29 is 0 Å². The van der Waals surface area contributed by atoms with Crippen LogP contribution in [0.25, 0.3) is 11.2 Å². The van der Waals surface area contributed by atoms with Crippen LogP contribution >= 0.6 is 0 Å². The maximum absolute atomic E-state index is 11.6. The Morgan fingerprint density at radius 1 is 1.29 bits per heavy atom. The lowest BCUT2D eigenvalue weighted by molar-refractivity contribution is 0.727. The van der Waals surface area contributed by atoms with Gasteiger partial charge in [0.2, 0.25) is 0 Å². The maximum atomic E-state index is 11.6. The number of hydrogen-bond acceptors (Lipinski definition) is 3. The van der Waals surface area contributed by atoms with Gasteiger partial charge < -0.3 is 9.97 Å². The Bertz CT molecular complexity index is 606. The van der Waals surface area contributed by atoms with Crippen molar-refractivity contribution in [2.75, 3.05) is 0 Å². The monoisotopic (exact) mass is 250 g/mol. The minimum Gasteiger partial charge on any atom is -0.340 e. The number of nitrogens with one attached hydrogen (secondary N) is 2. The molecule has 2 rings (SSSR count). The molecular formula is C11H18N4OSi. The molecule has 92 valence electrons. The number of H-pyrrole nitrogens is 2. The molecule has 2 heterocycles. The maximum Gasteiger partial charge on any atom is 0.276 e. The molecular weight excluding hydrogens is 232 g/mol. The molecule has 0 fully saturated rings. The van der Waals surface area contributed by atoms with Crippen LogP contribution in [0.15, 0.2) is 11.1 Å². The molecule has 0 saturated carbocycles. The van der Waals surface area contributed by atoms with E-state index in [4.69, 9.17) is 0 Å². The molecule has 0 radical (unpaired) electrons. The molecule has 0 aromatic carbocycles. The molecule has 6 heteroatoms. The highest BCUT2D eigenvalue weighted by Gasteiger charge is 2.40.